The minimum Gasteiger partial charge on any atom is -0.494 e. The first-order chi connectivity index (χ1) is 12.7. The average Bonchev–Trinajstić information content (AvgIpc) is 2.92. The van der Waals surface area contributed by atoms with E-state index in [2.05, 4.69) is 25.8 Å². The molecule has 0 saturated carbocycles. The molecule has 1 aromatic heterocycles. The molecule has 1 unspecified atom stereocenters. The largest absolute Gasteiger partial charge is 0.494 e. The molecule has 3 rings (SSSR count). The fourth-order valence-electron chi connectivity index (χ4n) is 3.45. The van der Waals surface area contributed by atoms with E-state index in [1.165, 1.54) is 18.4 Å². The van der Waals surface area contributed by atoms with E-state index >= 15 is 0 Å². The summed E-state index contributed by atoms with van der Waals surface area (Å²) in [6, 6.07) is 12.0. The predicted molar refractivity (Wildman–Crippen MR) is 106 cm³/mol. The molecule has 0 N–H and O–H groups in total. The lowest BCUT2D eigenvalue weighted by atomic mass is 10.0. The highest BCUT2D eigenvalue weighted by Gasteiger charge is 2.26. The Kier molecular flexibility index (Phi) is 7.06. The third-order valence-corrected chi connectivity index (χ3v) is 5.26. The zero-order valence-corrected chi connectivity index (χ0v) is 16.5. The number of halogens is 1. The van der Waals surface area contributed by atoms with Crippen LogP contribution in [0.15, 0.2) is 53.3 Å². The Hall–Kier alpha value is -1.88. The summed E-state index contributed by atoms with van der Waals surface area (Å²) in [6.07, 6.45) is 9.36. The third kappa shape index (κ3) is 5.31. The van der Waals surface area contributed by atoms with Gasteiger partial charge in [0, 0.05) is 29.8 Å². The van der Waals surface area contributed by atoms with Crippen molar-refractivity contribution in [2.75, 3.05) is 13.2 Å². The zero-order chi connectivity index (χ0) is 18.2. The highest BCUT2D eigenvalue weighted by atomic mass is 79.9. The van der Waals surface area contributed by atoms with Crippen LogP contribution in [0, 0.1) is 0 Å². The van der Waals surface area contributed by atoms with Crippen LogP contribution >= 0.6 is 15.9 Å². The summed E-state index contributed by atoms with van der Waals surface area (Å²) in [5, 5.41) is 0. The lowest BCUT2D eigenvalue weighted by Gasteiger charge is -2.30. The van der Waals surface area contributed by atoms with E-state index in [0.29, 0.717) is 13.0 Å². The van der Waals surface area contributed by atoms with Gasteiger partial charge >= 0.3 is 0 Å². The Morgan fingerprint density at radius 1 is 1.19 bits per heavy atom. The zero-order valence-electron chi connectivity index (χ0n) is 14.9. The number of carbonyl (C=O) groups is 1. The number of likely N-dealkylation sites (tertiary alicyclic amines) is 1. The van der Waals surface area contributed by atoms with Crippen LogP contribution in [-0.2, 0) is 4.79 Å². The topological polar surface area (TPSA) is 42.4 Å². The molecule has 1 aliphatic rings. The normalized spacial score (nSPS) is 17.6. The van der Waals surface area contributed by atoms with Gasteiger partial charge in [-0.15, -0.1) is 0 Å². The van der Waals surface area contributed by atoms with E-state index in [1.807, 2.05) is 48.8 Å². The number of aromatic nitrogens is 1. The second kappa shape index (κ2) is 9.72. The molecule has 1 atom stereocenters. The first-order valence-corrected chi connectivity index (χ1v) is 10.1. The van der Waals surface area contributed by atoms with Crippen LogP contribution in [0.4, 0.5) is 0 Å². The molecule has 26 heavy (non-hydrogen) atoms. The standard InChI is InChI=1S/C21H25BrN2O2/c22-18-6-4-7-19(16-18)26-15-5-9-21(25)24-14-3-1-2-8-20(24)17-10-12-23-13-11-17/h4,6-7,10-13,16,20H,1-3,5,8-9,14-15H2. The van der Waals surface area contributed by atoms with Crippen molar-refractivity contribution in [3.63, 3.8) is 0 Å². The van der Waals surface area contributed by atoms with Gasteiger partial charge in [0.05, 0.1) is 12.6 Å². The van der Waals surface area contributed by atoms with Crippen molar-refractivity contribution in [3.8, 4) is 5.75 Å². The van der Waals surface area contributed by atoms with Crippen molar-refractivity contribution in [1.82, 2.24) is 9.88 Å². The van der Waals surface area contributed by atoms with Gasteiger partial charge in [0.15, 0.2) is 0 Å². The van der Waals surface area contributed by atoms with Crippen molar-refractivity contribution >= 4 is 21.8 Å². The number of nitrogens with zero attached hydrogens (tertiary/aromatic N) is 2. The van der Waals surface area contributed by atoms with Gasteiger partial charge in [0.2, 0.25) is 5.91 Å². The Labute approximate surface area is 163 Å². The third-order valence-electron chi connectivity index (χ3n) is 4.76. The number of pyridine rings is 1. The van der Waals surface area contributed by atoms with E-state index in [-0.39, 0.29) is 11.9 Å². The van der Waals surface area contributed by atoms with Crippen LogP contribution in [-0.4, -0.2) is 28.9 Å². The van der Waals surface area contributed by atoms with Crippen LogP contribution in [0.2, 0.25) is 0 Å². The maximum atomic E-state index is 12.8. The number of hydrogen-bond donors (Lipinski definition) is 0. The summed E-state index contributed by atoms with van der Waals surface area (Å²) in [6.45, 7) is 1.40. The van der Waals surface area contributed by atoms with Gasteiger partial charge in [0.1, 0.15) is 5.75 Å². The monoisotopic (exact) mass is 416 g/mol. The summed E-state index contributed by atoms with van der Waals surface area (Å²) in [4.78, 5) is 19.0. The van der Waals surface area contributed by atoms with Gasteiger partial charge in [-0.2, -0.15) is 0 Å². The van der Waals surface area contributed by atoms with E-state index in [1.54, 1.807) is 0 Å². The lowest BCUT2D eigenvalue weighted by Crippen LogP contribution is -2.34. The minimum atomic E-state index is 0.180. The molecule has 4 nitrogen and oxygen atoms in total. The van der Waals surface area contributed by atoms with Gasteiger partial charge in [-0.3, -0.25) is 9.78 Å². The number of carbonyl (C=O) groups excluding carboxylic acids is 1. The van der Waals surface area contributed by atoms with Gasteiger partial charge in [-0.1, -0.05) is 34.8 Å². The van der Waals surface area contributed by atoms with Crippen molar-refractivity contribution in [2.45, 2.75) is 44.6 Å². The Morgan fingerprint density at radius 3 is 2.85 bits per heavy atom. The molecule has 2 aromatic rings. The molecule has 138 valence electrons. The Balaban J connectivity index is 1.54. The average molecular weight is 417 g/mol. The Bertz CT molecular complexity index is 708. The molecule has 0 spiro atoms. The van der Waals surface area contributed by atoms with Crippen molar-refractivity contribution in [3.05, 3.63) is 58.8 Å². The van der Waals surface area contributed by atoms with Gasteiger partial charge in [-0.05, 0) is 55.2 Å². The highest BCUT2D eigenvalue weighted by Crippen LogP contribution is 2.30. The van der Waals surface area contributed by atoms with Gasteiger partial charge in [0.25, 0.3) is 0 Å². The number of rotatable bonds is 6. The maximum absolute atomic E-state index is 12.8. The van der Waals surface area contributed by atoms with Crippen LogP contribution in [0.25, 0.3) is 0 Å². The molecule has 1 saturated heterocycles. The van der Waals surface area contributed by atoms with Crippen molar-refractivity contribution in [2.24, 2.45) is 0 Å². The van der Waals surface area contributed by atoms with E-state index in [4.69, 9.17) is 4.74 Å². The number of benzene rings is 1. The molecule has 1 fully saturated rings. The van der Waals surface area contributed by atoms with Crippen LogP contribution in [0.5, 0.6) is 5.75 Å². The van der Waals surface area contributed by atoms with E-state index in [9.17, 15) is 4.79 Å². The summed E-state index contributed by atoms with van der Waals surface area (Å²) in [5.74, 6) is 1.06. The first kappa shape index (κ1) is 18.9. The smallest absolute Gasteiger partial charge is 0.223 e. The van der Waals surface area contributed by atoms with Crippen LogP contribution in [0.1, 0.15) is 50.1 Å². The summed E-state index contributed by atoms with van der Waals surface area (Å²) < 4.78 is 6.75. The summed E-state index contributed by atoms with van der Waals surface area (Å²) in [5.41, 5.74) is 1.20. The summed E-state index contributed by atoms with van der Waals surface area (Å²) in [7, 11) is 0. The molecule has 2 heterocycles. The fraction of sp³-hybridized carbons (Fsp3) is 0.429. The van der Waals surface area contributed by atoms with Crippen LogP contribution < -0.4 is 4.74 Å². The molecule has 0 bridgehead atoms. The predicted octanol–water partition coefficient (Wildman–Crippen LogP) is 5.15. The van der Waals surface area contributed by atoms with Gasteiger partial charge < -0.3 is 9.64 Å². The van der Waals surface area contributed by atoms with Crippen molar-refractivity contribution < 1.29 is 9.53 Å². The second-order valence-corrected chi connectivity index (χ2v) is 7.56. The molecule has 1 aliphatic heterocycles. The molecule has 0 aliphatic carbocycles. The lowest BCUT2D eigenvalue weighted by molar-refractivity contribution is -0.133. The number of hydrogen-bond acceptors (Lipinski definition) is 3. The van der Waals surface area contributed by atoms with E-state index in [0.717, 1.165) is 36.0 Å². The van der Waals surface area contributed by atoms with Gasteiger partial charge in [-0.25, -0.2) is 0 Å². The Morgan fingerprint density at radius 2 is 2.04 bits per heavy atom. The summed E-state index contributed by atoms with van der Waals surface area (Å²) >= 11 is 3.44. The quantitative estimate of drug-likeness (QED) is 0.611. The molecule has 0 radical (unpaired) electrons. The number of amides is 1. The van der Waals surface area contributed by atoms with Crippen LogP contribution in [0.3, 0.4) is 0 Å². The fourth-order valence-corrected chi connectivity index (χ4v) is 3.83. The first-order valence-electron chi connectivity index (χ1n) is 9.32. The SMILES string of the molecule is O=C(CCCOc1cccc(Br)c1)N1CCCCCC1c1ccncc1. The molecular weight excluding hydrogens is 392 g/mol. The molecule has 1 amide bonds. The molecular formula is C21H25BrN2O2. The molecule has 1 aromatic carbocycles. The van der Waals surface area contributed by atoms with E-state index < -0.39 is 0 Å². The molecule has 5 heteroatoms. The number of ether oxygens (including phenoxy) is 1. The minimum absolute atomic E-state index is 0.180. The highest BCUT2D eigenvalue weighted by molar-refractivity contribution is 9.10. The van der Waals surface area contributed by atoms with Crippen molar-refractivity contribution in [1.29, 1.82) is 0 Å². The second-order valence-electron chi connectivity index (χ2n) is 6.64. The maximum Gasteiger partial charge on any atom is 0.223 e.